The number of aryl methyl sites for hydroxylation is 2. The molecule has 6 heteroatoms. The Morgan fingerprint density at radius 3 is 2.77 bits per heavy atom. The molecule has 4 nitrogen and oxygen atoms in total. The zero-order valence-corrected chi connectivity index (χ0v) is 14.8. The quantitative estimate of drug-likeness (QED) is 0.542. The second-order valence-corrected chi connectivity index (χ2v) is 6.90. The van der Waals surface area contributed by atoms with E-state index in [1.165, 1.54) is 24.0 Å². The lowest BCUT2D eigenvalue weighted by Crippen LogP contribution is -2.03. The second-order valence-electron chi connectivity index (χ2n) is 5.96. The van der Waals surface area contributed by atoms with E-state index in [-0.39, 0.29) is 5.82 Å². The SMILES string of the molecule is Fc1ccc2ncnc(NCc3csc(CCc4ccccc4)n3)c2c1. The van der Waals surface area contributed by atoms with Crippen LogP contribution in [-0.4, -0.2) is 15.0 Å². The van der Waals surface area contributed by atoms with Crippen molar-refractivity contribution in [2.24, 2.45) is 0 Å². The second kappa shape index (κ2) is 7.58. The van der Waals surface area contributed by atoms with Crippen LogP contribution in [-0.2, 0) is 19.4 Å². The van der Waals surface area contributed by atoms with Crippen LogP contribution in [0.3, 0.4) is 0 Å². The van der Waals surface area contributed by atoms with Crippen LogP contribution < -0.4 is 5.32 Å². The van der Waals surface area contributed by atoms with Gasteiger partial charge in [-0.15, -0.1) is 11.3 Å². The van der Waals surface area contributed by atoms with Gasteiger partial charge in [0.25, 0.3) is 0 Å². The molecule has 0 aliphatic carbocycles. The summed E-state index contributed by atoms with van der Waals surface area (Å²) in [6.45, 7) is 0.546. The van der Waals surface area contributed by atoms with Crippen LogP contribution in [0.5, 0.6) is 0 Å². The Bertz CT molecular complexity index is 1020. The van der Waals surface area contributed by atoms with E-state index < -0.39 is 0 Å². The van der Waals surface area contributed by atoms with E-state index in [0.29, 0.717) is 23.3 Å². The first-order valence-corrected chi connectivity index (χ1v) is 9.27. The minimum absolute atomic E-state index is 0.299. The summed E-state index contributed by atoms with van der Waals surface area (Å²) in [5, 5.41) is 7.09. The predicted octanol–water partition coefficient (Wildman–Crippen LogP) is 4.62. The Kier molecular flexibility index (Phi) is 4.84. The van der Waals surface area contributed by atoms with Crippen molar-refractivity contribution in [3.05, 3.63) is 82.3 Å². The fraction of sp³-hybridized carbons (Fsp3) is 0.150. The van der Waals surface area contributed by atoms with E-state index in [1.807, 2.05) is 6.07 Å². The summed E-state index contributed by atoms with van der Waals surface area (Å²) < 4.78 is 13.5. The summed E-state index contributed by atoms with van der Waals surface area (Å²) >= 11 is 1.67. The Morgan fingerprint density at radius 2 is 1.88 bits per heavy atom. The predicted molar refractivity (Wildman–Crippen MR) is 103 cm³/mol. The average Bonchev–Trinajstić information content (AvgIpc) is 3.13. The lowest BCUT2D eigenvalue weighted by Gasteiger charge is -2.06. The van der Waals surface area contributed by atoms with E-state index in [9.17, 15) is 4.39 Å². The molecule has 2 aromatic heterocycles. The van der Waals surface area contributed by atoms with Gasteiger partial charge < -0.3 is 5.32 Å². The highest BCUT2D eigenvalue weighted by Crippen LogP contribution is 2.21. The van der Waals surface area contributed by atoms with Crippen LogP contribution in [0, 0.1) is 5.82 Å². The zero-order chi connectivity index (χ0) is 17.8. The van der Waals surface area contributed by atoms with Crippen LogP contribution in [0.4, 0.5) is 10.2 Å². The van der Waals surface area contributed by atoms with E-state index in [0.717, 1.165) is 23.5 Å². The molecule has 4 aromatic rings. The van der Waals surface area contributed by atoms with Crippen molar-refractivity contribution < 1.29 is 4.39 Å². The van der Waals surface area contributed by atoms with Crippen LogP contribution in [0.15, 0.2) is 60.2 Å². The average molecular weight is 364 g/mol. The Labute approximate surface area is 154 Å². The molecule has 0 spiro atoms. The molecule has 4 rings (SSSR count). The van der Waals surface area contributed by atoms with Gasteiger partial charge in [-0.2, -0.15) is 0 Å². The number of fused-ring (bicyclic) bond motifs is 1. The third-order valence-electron chi connectivity index (χ3n) is 4.10. The van der Waals surface area contributed by atoms with Crippen LogP contribution >= 0.6 is 11.3 Å². The van der Waals surface area contributed by atoms with Gasteiger partial charge in [0.15, 0.2) is 0 Å². The van der Waals surface area contributed by atoms with Crippen LogP contribution in [0.25, 0.3) is 10.9 Å². The molecule has 2 aromatic carbocycles. The molecule has 0 bridgehead atoms. The molecule has 26 heavy (non-hydrogen) atoms. The molecule has 0 aliphatic heterocycles. The molecule has 0 radical (unpaired) electrons. The summed E-state index contributed by atoms with van der Waals surface area (Å²) in [5.74, 6) is 0.320. The largest absolute Gasteiger partial charge is 0.364 e. The summed E-state index contributed by atoms with van der Waals surface area (Å²) in [7, 11) is 0. The number of thiazole rings is 1. The van der Waals surface area contributed by atoms with E-state index in [2.05, 4.69) is 49.9 Å². The minimum Gasteiger partial charge on any atom is -0.364 e. The number of benzene rings is 2. The molecular weight excluding hydrogens is 347 g/mol. The maximum atomic E-state index is 13.5. The number of hydrogen-bond donors (Lipinski definition) is 1. The molecule has 0 saturated carbocycles. The monoisotopic (exact) mass is 364 g/mol. The lowest BCUT2D eigenvalue weighted by atomic mass is 10.1. The lowest BCUT2D eigenvalue weighted by molar-refractivity contribution is 0.629. The molecular formula is C20H17FN4S. The number of rotatable bonds is 6. The fourth-order valence-corrected chi connectivity index (χ4v) is 3.58. The number of hydrogen-bond acceptors (Lipinski definition) is 5. The number of nitrogens with zero attached hydrogens (tertiary/aromatic N) is 3. The van der Waals surface area contributed by atoms with Crippen molar-refractivity contribution in [3.8, 4) is 0 Å². The summed E-state index contributed by atoms with van der Waals surface area (Å²) in [4.78, 5) is 13.1. The smallest absolute Gasteiger partial charge is 0.137 e. The van der Waals surface area contributed by atoms with Crippen molar-refractivity contribution in [1.82, 2.24) is 15.0 Å². The van der Waals surface area contributed by atoms with Gasteiger partial charge in [-0.3, -0.25) is 0 Å². The summed E-state index contributed by atoms with van der Waals surface area (Å²) in [6, 6.07) is 14.9. The van der Waals surface area contributed by atoms with Gasteiger partial charge >= 0.3 is 0 Å². The fourth-order valence-electron chi connectivity index (χ4n) is 2.78. The van der Waals surface area contributed by atoms with Gasteiger partial charge in [-0.05, 0) is 30.2 Å². The maximum Gasteiger partial charge on any atom is 0.137 e. The van der Waals surface area contributed by atoms with Crippen molar-refractivity contribution in [1.29, 1.82) is 0 Å². The summed E-state index contributed by atoms with van der Waals surface area (Å²) in [6.07, 6.45) is 3.39. The molecule has 0 saturated heterocycles. The highest BCUT2D eigenvalue weighted by atomic mass is 32.1. The number of aromatic nitrogens is 3. The zero-order valence-electron chi connectivity index (χ0n) is 14.0. The molecule has 0 atom stereocenters. The molecule has 0 fully saturated rings. The van der Waals surface area contributed by atoms with Gasteiger partial charge in [-0.1, -0.05) is 30.3 Å². The molecule has 0 aliphatic rings. The highest BCUT2D eigenvalue weighted by Gasteiger charge is 2.07. The Morgan fingerprint density at radius 1 is 1.00 bits per heavy atom. The Hall–Kier alpha value is -2.86. The van der Waals surface area contributed by atoms with Gasteiger partial charge in [0.1, 0.15) is 18.0 Å². The normalized spacial score (nSPS) is 11.0. The minimum atomic E-state index is -0.299. The Balaban J connectivity index is 1.41. The van der Waals surface area contributed by atoms with Crippen LogP contribution in [0.1, 0.15) is 16.3 Å². The van der Waals surface area contributed by atoms with Crippen molar-refractivity contribution in [2.75, 3.05) is 5.32 Å². The third kappa shape index (κ3) is 3.86. The van der Waals surface area contributed by atoms with Crippen molar-refractivity contribution >= 4 is 28.1 Å². The van der Waals surface area contributed by atoms with Crippen LogP contribution in [0.2, 0.25) is 0 Å². The molecule has 1 N–H and O–H groups in total. The van der Waals surface area contributed by atoms with Crippen molar-refractivity contribution in [3.63, 3.8) is 0 Å². The number of halogens is 1. The number of nitrogens with one attached hydrogen (secondary N) is 1. The standard InChI is InChI=1S/C20H17FN4S/c21-15-7-8-18-17(10-15)20(24-13-23-18)22-11-16-12-26-19(25-16)9-6-14-4-2-1-3-5-14/h1-5,7-8,10,12-13H,6,9,11H2,(H,22,23,24). The topological polar surface area (TPSA) is 50.7 Å². The van der Waals surface area contributed by atoms with Gasteiger partial charge in [0.05, 0.1) is 22.8 Å². The van der Waals surface area contributed by atoms with E-state index >= 15 is 0 Å². The first-order chi connectivity index (χ1) is 12.8. The molecule has 0 unspecified atom stereocenters. The third-order valence-corrected chi connectivity index (χ3v) is 5.06. The van der Waals surface area contributed by atoms with E-state index in [4.69, 9.17) is 0 Å². The highest BCUT2D eigenvalue weighted by molar-refractivity contribution is 7.09. The first kappa shape index (κ1) is 16.6. The molecule has 130 valence electrons. The summed E-state index contributed by atoms with van der Waals surface area (Å²) in [5.41, 5.74) is 2.99. The van der Waals surface area contributed by atoms with Crippen molar-refractivity contribution in [2.45, 2.75) is 19.4 Å². The number of anilines is 1. The van der Waals surface area contributed by atoms with E-state index in [1.54, 1.807) is 17.4 Å². The van der Waals surface area contributed by atoms with Gasteiger partial charge in [-0.25, -0.2) is 19.3 Å². The van der Waals surface area contributed by atoms with Gasteiger partial charge in [0, 0.05) is 17.2 Å². The first-order valence-electron chi connectivity index (χ1n) is 8.39. The maximum absolute atomic E-state index is 13.5. The molecule has 2 heterocycles. The molecule has 0 amide bonds. The van der Waals surface area contributed by atoms with Gasteiger partial charge in [0.2, 0.25) is 0 Å².